The van der Waals surface area contributed by atoms with Gasteiger partial charge >= 0.3 is 5.97 Å². The fourth-order valence-corrected chi connectivity index (χ4v) is 3.11. The summed E-state index contributed by atoms with van der Waals surface area (Å²) in [6, 6.07) is 16.6. The van der Waals surface area contributed by atoms with Crippen molar-refractivity contribution in [2.24, 2.45) is 0 Å². The minimum atomic E-state index is -0.988. The van der Waals surface area contributed by atoms with E-state index in [1.807, 2.05) is 6.07 Å². The zero-order valence-corrected chi connectivity index (χ0v) is 15.2. The molecule has 1 fully saturated rings. The first-order valence-corrected chi connectivity index (χ1v) is 8.52. The molecule has 3 rings (SSSR count). The average Bonchev–Trinajstić information content (AvgIpc) is 2.64. The molecule has 1 aliphatic rings. The molecule has 26 heavy (non-hydrogen) atoms. The first kappa shape index (κ1) is 19.9. The van der Waals surface area contributed by atoms with E-state index in [0.717, 1.165) is 32.5 Å². The lowest BCUT2D eigenvalue weighted by Gasteiger charge is -2.32. The van der Waals surface area contributed by atoms with Crippen molar-refractivity contribution in [3.05, 3.63) is 71.3 Å². The van der Waals surface area contributed by atoms with Crippen LogP contribution in [-0.4, -0.2) is 41.0 Å². The van der Waals surface area contributed by atoms with Crippen LogP contribution in [0.1, 0.15) is 39.1 Å². The van der Waals surface area contributed by atoms with Gasteiger partial charge in [0.25, 0.3) is 5.91 Å². The minimum Gasteiger partial charge on any atom is -0.478 e. The Morgan fingerprint density at radius 3 is 2.12 bits per heavy atom. The maximum Gasteiger partial charge on any atom is 0.335 e. The highest BCUT2D eigenvalue weighted by Gasteiger charge is 2.21. The van der Waals surface area contributed by atoms with Crippen LogP contribution in [0.2, 0.25) is 0 Å². The number of benzene rings is 2. The molecule has 0 unspecified atom stereocenters. The van der Waals surface area contributed by atoms with Gasteiger partial charge in [0.2, 0.25) is 0 Å². The molecule has 0 atom stereocenters. The van der Waals surface area contributed by atoms with Gasteiger partial charge in [-0.3, -0.25) is 9.69 Å². The van der Waals surface area contributed by atoms with Crippen LogP contribution in [0.4, 0.5) is 0 Å². The number of amides is 1. The van der Waals surface area contributed by atoms with Crippen LogP contribution in [0.15, 0.2) is 54.6 Å². The van der Waals surface area contributed by atoms with E-state index in [-0.39, 0.29) is 29.9 Å². The SMILES string of the molecule is Cl.O=C(O)c1ccc(C(=O)NC2CCN(Cc3ccccc3)CC2)cc1. The van der Waals surface area contributed by atoms with Crippen molar-refractivity contribution in [1.82, 2.24) is 10.2 Å². The maximum absolute atomic E-state index is 12.3. The van der Waals surface area contributed by atoms with Gasteiger partial charge in [0.15, 0.2) is 0 Å². The van der Waals surface area contributed by atoms with Crippen molar-refractivity contribution >= 4 is 24.3 Å². The van der Waals surface area contributed by atoms with E-state index in [1.165, 1.54) is 17.7 Å². The topological polar surface area (TPSA) is 69.6 Å². The van der Waals surface area contributed by atoms with Gasteiger partial charge in [0.05, 0.1) is 5.56 Å². The smallest absolute Gasteiger partial charge is 0.335 e. The van der Waals surface area contributed by atoms with Gasteiger partial charge in [0.1, 0.15) is 0 Å². The first-order chi connectivity index (χ1) is 12.1. The Kier molecular flexibility index (Phi) is 7.18. The summed E-state index contributed by atoms with van der Waals surface area (Å²) >= 11 is 0. The number of halogens is 1. The molecule has 1 saturated heterocycles. The summed E-state index contributed by atoms with van der Waals surface area (Å²) < 4.78 is 0. The zero-order valence-electron chi connectivity index (χ0n) is 14.4. The number of carbonyl (C=O) groups excluding carboxylic acids is 1. The predicted molar refractivity (Wildman–Crippen MR) is 103 cm³/mol. The zero-order chi connectivity index (χ0) is 17.6. The Labute approximate surface area is 159 Å². The molecule has 138 valence electrons. The fourth-order valence-electron chi connectivity index (χ4n) is 3.11. The highest BCUT2D eigenvalue weighted by Crippen LogP contribution is 2.14. The number of piperidine rings is 1. The number of rotatable bonds is 5. The summed E-state index contributed by atoms with van der Waals surface area (Å²) in [5.41, 5.74) is 1.99. The lowest BCUT2D eigenvalue weighted by Crippen LogP contribution is -2.44. The summed E-state index contributed by atoms with van der Waals surface area (Å²) in [5, 5.41) is 12.0. The molecule has 1 aliphatic heterocycles. The van der Waals surface area contributed by atoms with Crippen LogP contribution in [-0.2, 0) is 6.54 Å². The normalized spacial score (nSPS) is 15.1. The number of aromatic carboxylic acids is 1. The molecule has 2 aromatic carbocycles. The quantitative estimate of drug-likeness (QED) is 0.843. The van der Waals surface area contributed by atoms with Gasteiger partial charge < -0.3 is 10.4 Å². The Bertz CT molecular complexity index is 726. The Balaban J connectivity index is 0.00000243. The number of nitrogens with zero attached hydrogens (tertiary/aromatic N) is 1. The van der Waals surface area contributed by atoms with Gasteiger partial charge in [0, 0.05) is 31.2 Å². The second kappa shape index (κ2) is 9.36. The van der Waals surface area contributed by atoms with E-state index < -0.39 is 5.97 Å². The summed E-state index contributed by atoms with van der Waals surface area (Å²) in [6.07, 6.45) is 1.84. The van der Waals surface area contributed by atoms with Crippen LogP contribution in [0, 0.1) is 0 Å². The Morgan fingerprint density at radius 1 is 0.962 bits per heavy atom. The van der Waals surface area contributed by atoms with E-state index >= 15 is 0 Å². The van der Waals surface area contributed by atoms with Crippen molar-refractivity contribution in [3.8, 4) is 0 Å². The van der Waals surface area contributed by atoms with Crippen LogP contribution >= 0.6 is 12.4 Å². The molecular weight excluding hydrogens is 352 g/mol. The number of likely N-dealkylation sites (tertiary alicyclic amines) is 1. The van der Waals surface area contributed by atoms with Crippen molar-refractivity contribution in [2.75, 3.05) is 13.1 Å². The first-order valence-electron chi connectivity index (χ1n) is 8.52. The Hall–Kier alpha value is -2.37. The second-order valence-corrected chi connectivity index (χ2v) is 6.39. The molecule has 6 heteroatoms. The average molecular weight is 375 g/mol. The minimum absolute atomic E-state index is 0. The van der Waals surface area contributed by atoms with Crippen LogP contribution in [0.25, 0.3) is 0 Å². The van der Waals surface area contributed by atoms with E-state index in [1.54, 1.807) is 12.1 Å². The molecule has 0 spiro atoms. The van der Waals surface area contributed by atoms with Crippen molar-refractivity contribution in [1.29, 1.82) is 0 Å². The highest BCUT2D eigenvalue weighted by molar-refractivity contribution is 5.96. The Morgan fingerprint density at radius 2 is 1.54 bits per heavy atom. The molecule has 5 nitrogen and oxygen atoms in total. The van der Waals surface area contributed by atoms with E-state index in [2.05, 4.69) is 34.5 Å². The summed E-state index contributed by atoms with van der Waals surface area (Å²) in [5.74, 6) is -1.13. The molecule has 1 amide bonds. The summed E-state index contributed by atoms with van der Waals surface area (Å²) in [4.78, 5) is 25.6. The summed E-state index contributed by atoms with van der Waals surface area (Å²) in [7, 11) is 0. The van der Waals surface area contributed by atoms with Crippen LogP contribution in [0.5, 0.6) is 0 Å². The van der Waals surface area contributed by atoms with Gasteiger partial charge in [-0.1, -0.05) is 30.3 Å². The van der Waals surface area contributed by atoms with E-state index in [4.69, 9.17) is 5.11 Å². The van der Waals surface area contributed by atoms with Gasteiger partial charge in [-0.15, -0.1) is 12.4 Å². The molecule has 0 radical (unpaired) electrons. The number of carboxylic acids is 1. The van der Waals surface area contributed by atoms with Crippen molar-refractivity contribution in [2.45, 2.75) is 25.4 Å². The van der Waals surface area contributed by atoms with Crippen molar-refractivity contribution < 1.29 is 14.7 Å². The molecule has 2 aromatic rings. The van der Waals surface area contributed by atoms with Gasteiger partial charge in [-0.2, -0.15) is 0 Å². The second-order valence-electron chi connectivity index (χ2n) is 6.39. The van der Waals surface area contributed by atoms with E-state index in [9.17, 15) is 9.59 Å². The molecule has 0 bridgehead atoms. The molecule has 2 N–H and O–H groups in total. The van der Waals surface area contributed by atoms with Crippen LogP contribution in [0.3, 0.4) is 0 Å². The lowest BCUT2D eigenvalue weighted by atomic mass is 10.0. The summed E-state index contributed by atoms with van der Waals surface area (Å²) in [6.45, 7) is 2.85. The fraction of sp³-hybridized carbons (Fsp3) is 0.300. The number of carbonyl (C=O) groups is 2. The van der Waals surface area contributed by atoms with Crippen molar-refractivity contribution in [3.63, 3.8) is 0 Å². The standard InChI is InChI=1S/C20H22N2O3.ClH/c23-19(16-6-8-17(9-7-16)20(24)25)21-18-10-12-22(13-11-18)14-15-4-2-1-3-5-15;/h1-9,18H,10-14H2,(H,21,23)(H,24,25);1H. The molecule has 0 aliphatic carbocycles. The molecular formula is C20H23ClN2O3. The van der Waals surface area contributed by atoms with E-state index in [0.29, 0.717) is 5.56 Å². The predicted octanol–water partition coefficient (Wildman–Crippen LogP) is 3.20. The third-order valence-electron chi connectivity index (χ3n) is 4.57. The third kappa shape index (κ3) is 5.31. The number of carboxylic acid groups (broad SMARTS) is 1. The van der Waals surface area contributed by atoms with Gasteiger partial charge in [-0.25, -0.2) is 4.79 Å². The monoisotopic (exact) mass is 374 g/mol. The number of nitrogens with one attached hydrogen (secondary N) is 1. The number of hydrogen-bond acceptors (Lipinski definition) is 3. The highest BCUT2D eigenvalue weighted by atomic mass is 35.5. The molecule has 1 heterocycles. The van der Waals surface area contributed by atoms with Crippen LogP contribution < -0.4 is 5.32 Å². The maximum atomic E-state index is 12.3. The third-order valence-corrected chi connectivity index (χ3v) is 4.57. The lowest BCUT2D eigenvalue weighted by molar-refractivity contribution is 0.0696. The van der Waals surface area contributed by atoms with Gasteiger partial charge in [-0.05, 0) is 42.7 Å². The number of hydrogen-bond donors (Lipinski definition) is 2. The molecule has 0 saturated carbocycles. The largest absolute Gasteiger partial charge is 0.478 e. The molecule has 0 aromatic heterocycles.